The van der Waals surface area contributed by atoms with Crippen molar-refractivity contribution in [3.8, 4) is 11.5 Å². The number of benzene rings is 2. The van der Waals surface area contributed by atoms with Gasteiger partial charge in [0.05, 0.1) is 16.9 Å². The summed E-state index contributed by atoms with van der Waals surface area (Å²) in [7, 11) is -2.40. The second kappa shape index (κ2) is 16.4. The smallest absolute Gasteiger partial charge is 0.273 e. The number of nitrogens with one attached hydrogen (secondary N) is 1. The van der Waals surface area contributed by atoms with E-state index in [0.29, 0.717) is 49.5 Å². The molecule has 0 aliphatic rings. The Morgan fingerprint density at radius 1 is 0.843 bits per heavy atom. The highest BCUT2D eigenvalue weighted by atomic mass is 28.3. The second-order valence-corrected chi connectivity index (χ2v) is 26.6. The normalized spacial score (nSPS) is 12.3. The van der Waals surface area contributed by atoms with Crippen molar-refractivity contribution in [3.63, 3.8) is 0 Å². The number of amides is 1. The molecule has 5 rings (SSSR count). The Labute approximate surface area is 303 Å². The Bertz CT molecular complexity index is 1980. The molecule has 13 heteroatoms. The van der Waals surface area contributed by atoms with Gasteiger partial charge in [-0.25, -0.2) is 9.67 Å². The number of aryl methyl sites for hydroxylation is 3. The van der Waals surface area contributed by atoms with Crippen molar-refractivity contribution < 1.29 is 19.0 Å². The number of hydrogen-bond acceptors (Lipinski definition) is 7. The quantitative estimate of drug-likeness (QED) is 0.0753. The Kier molecular flexibility index (Phi) is 12.2. The highest BCUT2D eigenvalue weighted by Gasteiger charge is 2.17. The van der Waals surface area contributed by atoms with Gasteiger partial charge < -0.3 is 24.1 Å². The fourth-order valence-corrected chi connectivity index (χ4v) is 6.88. The predicted octanol–water partition coefficient (Wildman–Crippen LogP) is 8.91. The van der Waals surface area contributed by atoms with Crippen LogP contribution in [0.5, 0.6) is 11.5 Å². The average molecular weight is 728 g/mol. The van der Waals surface area contributed by atoms with E-state index in [1.165, 1.54) is 0 Å². The lowest BCUT2D eigenvalue weighted by atomic mass is 10.1. The summed E-state index contributed by atoms with van der Waals surface area (Å²) in [6.45, 7) is 22.7. The van der Waals surface area contributed by atoms with E-state index in [9.17, 15) is 4.79 Å². The van der Waals surface area contributed by atoms with Crippen molar-refractivity contribution in [2.45, 2.75) is 92.1 Å². The molecule has 2 aromatic carbocycles. The molecular weight excluding hydrogens is 675 g/mol. The maximum absolute atomic E-state index is 13.2. The van der Waals surface area contributed by atoms with Gasteiger partial charge in [0.25, 0.3) is 5.91 Å². The third kappa shape index (κ3) is 10.6. The summed E-state index contributed by atoms with van der Waals surface area (Å²) in [5, 5.41) is 13.4. The van der Waals surface area contributed by atoms with Gasteiger partial charge in [-0.15, -0.1) is 0 Å². The van der Waals surface area contributed by atoms with E-state index in [4.69, 9.17) is 19.3 Å². The van der Waals surface area contributed by atoms with Crippen LogP contribution in [0.3, 0.4) is 0 Å². The number of carbonyl (C=O) groups is 1. The number of ether oxygens (including phenoxy) is 3. The van der Waals surface area contributed by atoms with Gasteiger partial charge in [-0.3, -0.25) is 9.48 Å². The highest BCUT2D eigenvalue weighted by Crippen LogP contribution is 2.31. The summed E-state index contributed by atoms with van der Waals surface area (Å²) in [4.78, 5) is 17.7. The average Bonchev–Trinajstić information content (AvgIpc) is 3.77. The third-order valence-electron chi connectivity index (χ3n) is 8.45. The molecule has 3 aromatic heterocycles. The van der Waals surface area contributed by atoms with E-state index in [1.807, 2.05) is 84.8 Å². The van der Waals surface area contributed by atoms with Crippen molar-refractivity contribution in [2.24, 2.45) is 0 Å². The number of fused-ring (bicyclic) bond motifs is 1. The number of carbonyl (C=O) groups excluding carboxylic acids is 1. The largest absolute Gasteiger partial charge is 0.457 e. The van der Waals surface area contributed by atoms with Gasteiger partial charge in [0.1, 0.15) is 36.5 Å². The molecule has 1 N–H and O–H groups in total. The van der Waals surface area contributed by atoms with E-state index in [0.717, 1.165) is 52.4 Å². The van der Waals surface area contributed by atoms with Crippen molar-refractivity contribution in [1.29, 1.82) is 0 Å². The minimum Gasteiger partial charge on any atom is -0.457 e. The molecule has 0 aliphatic carbocycles. The Morgan fingerprint density at radius 2 is 1.53 bits per heavy atom. The van der Waals surface area contributed by atoms with Crippen LogP contribution in [-0.4, -0.2) is 64.4 Å². The highest BCUT2D eigenvalue weighted by molar-refractivity contribution is 6.76. The van der Waals surface area contributed by atoms with Gasteiger partial charge in [0.2, 0.25) is 0 Å². The zero-order chi connectivity index (χ0) is 36.8. The molecule has 0 unspecified atom stereocenters. The van der Waals surface area contributed by atoms with Crippen LogP contribution < -0.4 is 10.1 Å². The van der Waals surface area contributed by atoms with E-state index in [-0.39, 0.29) is 5.91 Å². The van der Waals surface area contributed by atoms with Crippen molar-refractivity contribution in [2.75, 3.05) is 18.5 Å². The lowest BCUT2D eigenvalue weighted by Crippen LogP contribution is -2.22. The zero-order valence-corrected chi connectivity index (χ0v) is 33.6. The fraction of sp³-hybridized carbons (Fsp3) is 0.421. The second-order valence-electron chi connectivity index (χ2n) is 15.4. The molecule has 0 aliphatic heterocycles. The van der Waals surface area contributed by atoms with Crippen LogP contribution in [0, 0.1) is 13.8 Å². The van der Waals surface area contributed by atoms with Gasteiger partial charge >= 0.3 is 0 Å². The number of rotatable bonds is 17. The van der Waals surface area contributed by atoms with Gasteiger partial charge in [-0.2, -0.15) is 10.2 Å². The molecule has 272 valence electrons. The van der Waals surface area contributed by atoms with E-state index >= 15 is 0 Å². The minimum absolute atomic E-state index is 0.213. The van der Waals surface area contributed by atoms with Crippen molar-refractivity contribution >= 4 is 50.8 Å². The lowest BCUT2D eigenvalue weighted by Gasteiger charge is -2.15. The molecule has 11 nitrogen and oxygen atoms in total. The monoisotopic (exact) mass is 727 g/mol. The van der Waals surface area contributed by atoms with Crippen LogP contribution in [0.1, 0.15) is 40.2 Å². The first kappa shape index (κ1) is 37.9. The molecule has 5 aromatic rings. The maximum Gasteiger partial charge on any atom is 0.273 e. The summed E-state index contributed by atoms with van der Waals surface area (Å²) in [6, 6.07) is 15.6. The zero-order valence-electron chi connectivity index (χ0n) is 31.6. The third-order valence-corrected chi connectivity index (χ3v) is 11.9. The summed E-state index contributed by atoms with van der Waals surface area (Å²) in [5.74, 6) is 1.84. The van der Waals surface area contributed by atoms with Crippen LogP contribution in [-0.2, 0) is 29.5 Å². The first-order valence-electron chi connectivity index (χ1n) is 17.7. The molecule has 3 heterocycles. The summed E-state index contributed by atoms with van der Waals surface area (Å²) in [6.07, 6.45) is 7.69. The van der Waals surface area contributed by atoms with Crippen LogP contribution >= 0.6 is 0 Å². The van der Waals surface area contributed by atoms with E-state index < -0.39 is 16.1 Å². The van der Waals surface area contributed by atoms with E-state index in [2.05, 4.69) is 54.7 Å². The van der Waals surface area contributed by atoms with Crippen LogP contribution in [0.2, 0.25) is 51.4 Å². The van der Waals surface area contributed by atoms with E-state index in [1.54, 1.807) is 16.9 Å². The Morgan fingerprint density at radius 3 is 2.24 bits per heavy atom. The number of aromatic nitrogens is 6. The predicted molar refractivity (Wildman–Crippen MR) is 211 cm³/mol. The summed E-state index contributed by atoms with van der Waals surface area (Å²) in [5.41, 5.74) is 4.62. The molecule has 0 saturated heterocycles. The van der Waals surface area contributed by atoms with Crippen molar-refractivity contribution in [3.05, 3.63) is 83.3 Å². The van der Waals surface area contributed by atoms with Gasteiger partial charge in [0, 0.05) is 71.5 Å². The lowest BCUT2D eigenvalue weighted by molar-refractivity contribution is 0.0816. The molecule has 0 radical (unpaired) electrons. The molecular formula is C38H53N7O4Si2. The number of imidazole rings is 1. The molecule has 0 atom stereocenters. The molecule has 0 fully saturated rings. The van der Waals surface area contributed by atoms with Crippen LogP contribution in [0.15, 0.2) is 54.9 Å². The minimum atomic E-state index is -1.24. The Hall–Kier alpha value is -4.31. The SMILES string of the molecule is CCn1nc(C)cc1C(=O)Nc1cc(Oc2ccc3c(/C=C/c4nccn4COCC[Si](C)(C)C)nn(COCC[Si](C)(C)C)c3c2)ccc1C. The molecule has 0 spiro atoms. The summed E-state index contributed by atoms with van der Waals surface area (Å²) < 4.78 is 24.1. The molecule has 0 bridgehead atoms. The van der Waals surface area contributed by atoms with Crippen molar-refractivity contribution in [1.82, 2.24) is 29.1 Å². The topological polar surface area (TPSA) is 110 Å². The van der Waals surface area contributed by atoms with Crippen LogP contribution in [0.4, 0.5) is 5.69 Å². The summed E-state index contributed by atoms with van der Waals surface area (Å²) >= 11 is 0. The van der Waals surface area contributed by atoms with Gasteiger partial charge in [-0.1, -0.05) is 45.3 Å². The number of nitrogens with zero attached hydrogens (tertiary/aromatic N) is 6. The number of anilines is 1. The fourth-order valence-electron chi connectivity index (χ4n) is 5.37. The maximum atomic E-state index is 13.2. The molecule has 1 amide bonds. The first-order valence-corrected chi connectivity index (χ1v) is 25.1. The first-order chi connectivity index (χ1) is 24.2. The Balaban J connectivity index is 1.36. The number of hydrogen-bond donors (Lipinski definition) is 1. The molecule has 0 saturated carbocycles. The van der Waals surface area contributed by atoms with Gasteiger partial charge in [-0.05, 0) is 74.8 Å². The standard InChI is InChI=1S/C38H53N7O4Si2/c1-10-44-36(23-29(3)41-44)38(46)40-34-24-30(12-11-28(34)2)49-31-13-14-32-33(42-45(35(32)25-31)27-48-20-22-51(7,8)9)15-16-37-39-17-18-43(37)26-47-19-21-50(4,5)6/h11-18,23-25H,10,19-22,26-27H2,1-9H3,(H,40,46)/b16-15+. The van der Waals surface area contributed by atoms with Gasteiger partial charge in [0.15, 0.2) is 0 Å². The van der Waals surface area contributed by atoms with Crippen LogP contribution in [0.25, 0.3) is 23.1 Å². The molecule has 51 heavy (non-hydrogen) atoms.